The van der Waals surface area contributed by atoms with Gasteiger partial charge in [-0.25, -0.2) is 4.79 Å². The minimum atomic E-state index is -0.0880. The van der Waals surface area contributed by atoms with E-state index in [4.69, 9.17) is 0 Å². The van der Waals surface area contributed by atoms with Crippen molar-refractivity contribution in [2.75, 3.05) is 33.2 Å². The van der Waals surface area contributed by atoms with Crippen molar-refractivity contribution in [2.45, 2.75) is 25.3 Å². The van der Waals surface area contributed by atoms with Crippen LogP contribution in [0.15, 0.2) is 54.6 Å². The molecule has 0 aromatic heterocycles. The molecule has 1 aliphatic heterocycles. The van der Waals surface area contributed by atoms with Crippen LogP contribution in [0, 0.1) is 0 Å². The molecule has 1 atom stereocenters. The van der Waals surface area contributed by atoms with Crippen LogP contribution in [0.5, 0.6) is 5.75 Å². The van der Waals surface area contributed by atoms with E-state index in [9.17, 15) is 9.90 Å². The molecule has 0 saturated carbocycles. The molecule has 1 heterocycles. The smallest absolute Gasteiger partial charge is 0.317 e. The molecule has 144 valence electrons. The monoisotopic (exact) mass is 367 g/mol. The Morgan fingerprint density at radius 1 is 1.22 bits per heavy atom. The molecular weight excluding hydrogens is 338 g/mol. The number of piperidine rings is 1. The van der Waals surface area contributed by atoms with Gasteiger partial charge in [-0.05, 0) is 48.6 Å². The highest BCUT2D eigenvalue weighted by molar-refractivity contribution is 5.73. The van der Waals surface area contributed by atoms with Crippen molar-refractivity contribution in [3.63, 3.8) is 0 Å². The lowest BCUT2D eigenvalue weighted by molar-refractivity contribution is 0.192. The van der Waals surface area contributed by atoms with Crippen molar-refractivity contribution in [3.05, 3.63) is 65.7 Å². The summed E-state index contributed by atoms with van der Waals surface area (Å²) in [6.07, 6.45) is 2.43. The average Bonchev–Trinajstić information content (AvgIpc) is 2.69. The van der Waals surface area contributed by atoms with Crippen LogP contribution in [0.3, 0.4) is 0 Å². The van der Waals surface area contributed by atoms with Gasteiger partial charge in [-0.1, -0.05) is 42.5 Å². The highest BCUT2D eigenvalue weighted by Gasteiger charge is 2.21. The molecule has 1 fully saturated rings. The highest BCUT2D eigenvalue weighted by Crippen LogP contribution is 2.26. The van der Waals surface area contributed by atoms with E-state index in [0.717, 1.165) is 25.2 Å². The molecule has 27 heavy (non-hydrogen) atoms. The second-order valence-electron chi connectivity index (χ2n) is 7.31. The summed E-state index contributed by atoms with van der Waals surface area (Å²) in [6.45, 7) is 4.14. The van der Waals surface area contributed by atoms with Crippen molar-refractivity contribution in [1.82, 2.24) is 15.1 Å². The van der Waals surface area contributed by atoms with Crippen molar-refractivity contribution in [2.24, 2.45) is 0 Å². The number of amides is 2. The summed E-state index contributed by atoms with van der Waals surface area (Å²) >= 11 is 0. The first-order valence-electron chi connectivity index (χ1n) is 9.66. The van der Waals surface area contributed by atoms with E-state index in [2.05, 4.69) is 40.5 Å². The van der Waals surface area contributed by atoms with E-state index in [1.165, 1.54) is 18.4 Å². The van der Waals surface area contributed by atoms with Crippen LogP contribution in [0.25, 0.3) is 0 Å². The average molecular weight is 367 g/mol. The van der Waals surface area contributed by atoms with E-state index >= 15 is 0 Å². The molecule has 1 unspecified atom stereocenters. The third-order valence-electron chi connectivity index (χ3n) is 5.16. The number of nitrogens with zero attached hydrogens (tertiary/aromatic N) is 2. The molecular formula is C22H29N3O2. The maximum absolute atomic E-state index is 12.3. The van der Waals surface area contributed by atoms with Gasteiger partial charge in [-0.15, -0.1) is 0 Å². The SMILES string of the molecule is CN(Cc1cccc(O)c1)C(=O)NCCN1CCCC(c2ccccc2)C1. The molecule has 2 aromatic rings. The maximum Gasteiger partial charge on any atom is 0.317 e. The summed E-state index contributed by atoms with van der Waals surface area (Å²) in [5.74, 6) is 0.809. The minimum Gasteiger partial charge on any atom is -0.508 e. The zero-order valence-corrected chi connectivity index (χ0v) is 16.0. The van der Waals surface area contributed by atoms with Crippen molar-refractivity contribution < 1.29 is 9.90 Å². The van der Waals surface area contributed by atoms with Gasteiger partial charge < -0.3 is 20.2 Å². The molecule has 3 rings (SSSR count). The Balaban J connectivity index is 1.41. The Morgan fingerprint density at radius 3 is 2.81 bits per heavy atom. The number of carbonyl (C=O) groups excluding carboxylic acids is 1. The summed E-state index contributed by atoms with van der Waals surface area (Å²) in [5, 5.41) is 12.5. The lowest BCUT2D eigenvalue weighted by Crippen LogP contribution is -2.43. The fraction of sp³-hybridized carbons (Fsp3) is 0.409. The number of nitrogens with one attached hydrogen (secondary N) is 1. The largest absolute Gasteiger partial charge is 0.508 e. The number of hydrogen-bond donors (Lipinski definition) is 2. The summed E-state index contributed by atoms with van der Waals surface area (Å²) < 4.78 is 0. The fourth-order valence-electron chi connectivity index (χ4n) is 3.71. The van der Waals surface area contributed by atoms with Crippen molar-refractivity contribution in [3.8, 4) is 5.75 Å². The Morgan fingerprint density at radius 2 is 2.04 bits per heavy atom. The van der Waals surface area contributed by atoms with Crippen LogP contribution in [-0.2, 0) is 6.54 Å². The molecule has 2 aromatic carbocycles. The Kier molecular flexibility index (Phi) is 6.71. The van der Waals surface area contributed by atoms with Gasteiger partial charge >= 0.3 is 6.03 Å². The van der Waals surface area contributed by atoms with E-state index in [1.807, 2.05) is 6.07 Å². The molecule has 5 nitrogen and oxygen atoms in total. The molecule has 0 spiro atoms. The summed E-state index contributed by atoms with van der Waals surface area (Å²) in [6, 6.07) is 17.6. The van der Waals surface area contributed by atoms with Crippen LogP contribution in [0.4, 0.5) is 4.79 Å². The number of rotatable bonds is 6. The normalized spacial score (nSPS) is 17.4. The molecule has 5 heteroatoms. The molecule has 2 N–H and O–H groups in total. The molecule has 1 saturated heterocycles. The predicted molar refractivity (Wildman–Crippen MR) is 108 cm³/mol. The van der Waals surface area contributed by atoms with Crippen LogP contribution in [-0.4, -0.2) is 54.2 Å². The summed E-state index contributed by atoms with van der Waals surface area (Å²) in [7, 11) is 1.77. The second-order valence-corrected chi connectivity index (χ2v) is 7.31. The number of phenolic OH excluding ortho intramolecular Hbond substituents is 1. The van der Waals surface area contributed by atoms with Crippen molar-refractivity contribution in [1.29, 1.82) is 0 Å². The zero-order valence-electron chi connectivity index (χ0n) is 16.0. The van der Waals surface area contributed by atoms with Crippen LogP contribution in [0.1, 0.15) is 29.9 Å². The van der Waals surface area contributed by atoms with Crippen LogP contribution < -0.4 is 5.32 Å². The highest BCUT2D eigenvalue weighted by atomic mass is 16.3. The van der Waals surface area contributed by atoms with Gasteiger partial charge in [0.2, 0.25) is 0 Å². The standard InChI is InChI=1S/C22H29N3O2/c1-24(16-18-7-5-11-21(26)15-18)22(27)23-12-14-25-13-6-10-20(17-25)19-8-3-2-4-9-19/h2-5,7-9,11,15,20,26H,6,10,12-14,16-17H2,1H3,(H,23,27). The number of phenols is 1. The topological polar surface area (TPSA) is 55.8 Å². The van der Waals surface area contributed by atoms with Gasteiger partial charge in [0.15, 0.2) is 0 Å². The predicted octanol–water partition coefficient (Wildman–Crippen LogP) is 3.41. The van der Waals surface area contributed by atoms with Crippen LogP contribution >= 0.6 is 0 Å². The summed E-state index contributed by atoms with van der Waals surface area (Å²) in [5.41, 5.74) is 2.33. The second kappa shape index (κ2) is 9.42. The first-order valence-corrected chi connectivity index (χ1v) is 9.66. The van der Waals surface area contributed by atoms with Gasteiger partial charge in [0.1, 0.15) is 5.75 Å². The summed E-state index contributed by atoms with van der Waals surface area (Å²) in [4.78, 5) is 16.4. The molecule has 0 radical (unpaired) electrons. The molecule has 0 aliphatic carbocycles. The van der Waals surface area contributed by atoms with Gasteiger partial charge in [-0.2, -0.15) is 0 Å². The Labute approximate surface area is 161 Å². The maximum atomic E-state index is 12.3. The molecule has 2 amide bonds. The van der Waals surface area contributed by atoms with E-state index in [0.29, 0.717) is 19.0 Å². The Hall–Kier alpha value is -2.53. The number of urea groups is 1. The number of benzene rings is 2. The number of likely N-dealkylation sites (tertiary alicyclic amines) is 1. The lowest BCUT2D eigenvalue weighted by Gasteiger charge is -2.33. The first-order chi connectivity index (χ1) is 13.1. The van der Waals surface area contributed by atoms with Gasteiger partial charge in [-0.3, -0.25) is 0 Å². The lowest BCUT2D eigenvalue weighted by atomic mass is 9.91. The minimum absolute atomic E-state index is 0.0880. The van der Waals surface area contributed by atoms with Gasteiger partial charge in [0.05, 0.1) is 0 Å². The quantitative estimate of drug-likeness (QED) is 0.823. The van der Waals surface area contributed by atoms with Gasteiger partial charge in [0, 0.05) is 33.2 Å². The van der Waals surface area contributed by atoms with E-state index < -0.39 is 0 Å². The molecule has 1 aliphatic rings. The number of hydrogen-bond acceptors (Lipinski definition) is 3. The third-order valence-corrected chi connectivity index (χ3v) is 5.16. The first kappa shape index (κ1) is 19.2. The van der Waals surface area contributed by atoms with Gasteiger partial charge in [0.25, 0.3) is 0 Å². The number of carbonyl (C=O) groups is 1. The van der Waals surface area contributed by atoms with Crippen molar-refractivity contribution >= 4 is 6.03 Å². The fourth-order valence-corrected chi connectivity index (χ4v) is 3.71. The van der Waals surface area contributed by atoms with E-state index in [1.54, 1.807) is 30.1 Å². The zero-order chi connectivity index (χ0) is 19.1. The van der Waals surface area contributed by atoms with Crippen LogP contribution in [0.2, 0.25) is 0 Å². The molecule has 0 bridgehead atoms. The third kappa shape index (κ3) is 5.73. The number of aromatic hydroxyl groups is 1. The Bertz CT molecular complexity index is 735. The van der Waals surface area contributed by atoms with E-state index in [-0.39, 0.29) is 11.8 Å².